The number of methoxy groups -OCH3 is 6. The fourth-order valence-electron chi connectivity index (χ4n) is 16.5. The van der Waals surface area contributed by atoms with Crippen molar-refractivity contribution in [1.82, 2.24) is 16.0 Å². The maximum atomic E-state index is 15.5. The van der Waals surface area contributed by atoms with Gasteiger partial charge in [0.2, 0.25) is 5.91 Å². The minimum Gasteiger partial charge on any atom is -0.469 e. The summed E-state index contributed by atoms with van der Waals surface area (Å²) in [7, 11) is 6.76. The first-order chi connectivity index (χ1) is 42.6. The van der Waals surface area contributed by atoms with E-state index in [1.165, 1.54) is 14.2 Å². The Morgan fingerprint density at radius 1 is 0.549 bits per heavy atom. The van der Waals surface area contributed by atoms with Crippen LogP contribution in [0, 0.1) is 50.2 Å². The number of esters is 6. The molecule has 7 rings (SSSR count). The number of hydrogen-bond acceptors (Lipinski definition) is 25. The Morgan fingerprint density at radius 2 is 1.02 bits per heavy atom. The van der Waals surface area contributed by atoms with Crippen molar-refractivity contribution in [1.29, 1.82) is 0 Å². The van der Waals surface area contributed by atoms with Gasteiger partial charge in [0.15, 0.2) is 30.6 Å². The summed E-state index contributed by atoms with van der Waals surface area (Å²) in [5, 5.41) is 65.2. The first-order valence-electron chi connectivity index (χ1n) is 31.2. The van der Waals surface area contributed by atoms with E-state index in [0.29, 0.717) is 38.5 Å². The molecule has 22 atom stereocenters. The summed E-state index contributed by atoms with van der Waals surface area (Å²) in [4.78, 5) is 133. The predicted octanol–water partition coefficient (Wildman–Crippen LogP) is 0.825. The Morgan fingerprint density at radius 3 is 1.52 bits per heavy atom. The molecule has 0 radical (unpaired) electrons. The van der Waals surface area contributed by atoms with E-state index in [-0.39, 0.29) is 73.9 Å². The fourth-order valence-corrected chi connectivity index (χ4v) is 16.5. The van der Waals surface area contributed by atoms with E-state index in [4.69, 9.17) is 42.6 Å². The molecule has 4 saturated carbocycles. The predicted molar refractivity (Wildman–Crippen MR) is 312 cm³/mol. The summed E-state index contributed by atoms with van der Waals surface area (Å²) >= 11 is 0. The quantitative estimate of drug-likeness (QED) is 0.0423. The summed E-state index contributed by atoms with van der Waals surface area (Å²) in [6, 6.07) is -4.09. The topological polar surface area (TPSA) is 400 Å². The van der Waals surface area contributed by atoms with Crippen LogP contribution >= 0.6 is 0 Å². The molecule has 91 heavy (non-hydrogen) atoms. The van der Waals surface area contributed by atoms with E-state index in [1.54, 1.807) is 0 Å². The van der Waals surface area contributed by atoms with Gasteiger partial charge in [-0.25, -0.2) is 14.4 Å². The molecule has 0 spiro atoms. The van der Waals surface area contributed by atoms with E-state index in [9.17, 15) is 68.7 Å². The molecule has 2 aliphatic heterocycles. The third-order valence-corrected chi connectivity index (χ3v) is 22.3. The Kier molecular flexibility index (Phi) is 22.7. The largest absolute Gasteiger partial charge is 0.469 e. The van der Waals surface area contributed by atoms with Gasteiger partial charge in [0.1, 0.15) is 54.7 Å². The molecule has 0 bridgehead atoms. The molecule has 14 unspecified atom stereocenters. The number of fused-ring (bicyclic) bond motifs is 7. The number of aliphatic hydroxyl groups excluding tert-OH is 5. The van der Waals surface area contributed by atoms with Crippen molar-refractivity contribution < 1.29 is 121 Å². The standard InChI is InChI=1S/C63H95N3O25/c1-58(2)36-20-23-63(7)49(35(67)28-30-31-29-60(4,25-24-59(31,3)26-27-62(30,63)6)57(81)66-34(54(80)87-13)16-19-40(70)84-10)61(36,5)22-21-37(58)88-56-48(44(74)43(73)47(90-56)51(77)65-33(53(79)86-12)15-18-39(69)83-9)91-55-45(75)41(71)42(72)46(89-55)50(76)64-32(52(78)85-11)14-17-38(68)82-8/h28,31-34,36-37,41-49,55-56,71-75H,14-27,29H2,1-13H3,(H,64,76)(H,65,77)(H,66,81)/t31?,32-,33-,34-,36?,37?,41?,42?,43?,44?,45?,46?,47?,48?,49?,55?,56?,59-,60+,61+,62-,63-/m1/s1. The fraction of sp³-hybridized carbons (Fsp3) is 0.810. The number of ether oxygens (including phenoxy) is 10. The SMILES string of the molecule is COC(=O)CC[C@@H](NC(=O)C1OC(OC2C(OC3CC[C@@]4(C)C(CC[C@]5(C)C4C(=O)C=C4C6C[C@@](C)(C(=O)N[C@H](CCC(=O)OC)C(=O)OC)CC[C@]6(C)CC[C@]45C)C3(C)C)OC(C(=O)N[C@H](CCC(=O)OC)C(=O)OC)C(O)C2O)C(O)C(O)C1O)C(=O)OC. The number of aliphatic hydroxyl groups is 5. The van der Waals surface area contributed by atoms with Gasteiger partial charge in [-0.05, 0) is 122 Å². The highest BCUT2D eigenvalue weighted by atomic mass is 16.8. The van der Waals surface area contributed by atoms with Crippen LogP contribution in [0.25, 0.3) is 0 Å². The van der Waals surface area contributed by atoms with Crippen molar-refractivity contribution in [2.75, 3.05) is 42.7 Å². The maximum Gasteiger partial charge on any atom is 0.328 e. The van der Waals surface area contributed by atoms with E-state index in [1.807, 2.05) is 26.8 Å². The number of hydrogen-bond donors (Lipinski definition) is 8. The van der Waals surface area contributed by atoms with Gasteiger partial charge in [-0.15, -0.1) is 0 Å². The molecule has 5 aliphatic carbocycles. The summed E-state index contributed by atoms with van der Waals surface area (Å²) in [5.41, 5.74) is -2.85. The highest BCUT2D eigenvalue weighted by Crippen LogP contribution is 2.75. The molecule has 7 aliphatic rings. The van der Waals surface area contributed by atoms with E-state index in [2.05, 4.69) is 48.4 Å². The minimum absolute atomic E-state index is 0.0180. The zero-order valence-electron chi connectivity index (χ0n) is 54.4. The van der Waals surface area contributed by atoms with Crippen LogP contribution in [0.1, 0.15) is 145 Å². The monoisotopic (exact) mass is 1290 g/mol. The second-order valence-electron chi connectivity index (χ2n) is 27.7. The van der Waals surface area contributed by atoms with Crippen molar-refractivity contribution in [2.45, 2.75) is 230 Å². The molecule has 28 nitrogen and oxygen atoms in total. The molecule has 2 saturated heterocycles. The summed E-state index contributed by atoms with van der Waals surface area (Å²) in [6.07, 6.45) is -16.6. The van der Waals surface area contributed by atoms with Crippen molar-refractivity contribution >= 4 is 59.3 Å². The van der Waals surface area contributed by atoms with Crippen molar-refractivity contribution in [2.24, 2.45) is 50.2 Å². The van der Waals surface area contributed by atoms with E-state index < -0.39 is 166 Å². The third kappa shape index (κ3) is 14.1. The molecular weight excluding hydrogens is 1200 g/mol. The number of nitrogens with one attached hydrogen (secondary N) is 3. The minimum atomic E-state index is -2.22. The molecule has 2 heterocycles. The van der Waals surface area contributed by atoms with Gasteiger partial charge in [0.25, 0.3) is 11.8 Å². The number of carbonyl (C=O) groups excluding carboxylic acids is 10. The van der Waals surface area contributed by atoms with Crippen molar-refractivity contribution in [3.63, 3.8) is 0 Å². The highest BCUT2D eigenvalue weighted by molar-refractivity contribution is 5.96. The molecule has 512 valence electrons. The van der Waals surface area contributed by atoms with Crippen molar-refractivity contribution in [3.8, 4) is 0 Å². The molecule has 3 amide bonds. The molecule has 6 fully saturated rings. The second-order valence-corrected chi connectivity index (χ2v) is 27.7. The first-order valence-corrected chi connectivity index (χ1v) is 31.2. The zero-order chi connectivity index (χ0) is 67.7. The smallest absolute Gasteiger partial charge is 0.328 e. The van der Waals surface area contributed by atoms with Gasteiger partial charge < -0.3 is 88.9 Å². The van der Waals surface area contributed by atoms with Gasteiger partial charge in [-0.2, -0.15) is 0 Å². The van der Waals surface area contributed by atoms with Crippen LogP contribution in [0.3, 0.4) is 0 Å². The van der Waals surface area contributed by atoms with Crippen LogP contribution in [-0.2, 0) is 95.3 Å². The zero-order valence-corrected chi connectivity index (χ0v) is 54.4. The first kappa shape index (κ1) is 72.7. The average Bonchev–Trinajstić information content (AvgIpc) is 0.675. The number of carbonyl (C=O) groups is 10. The van der Waals surface area contributed by atoms with Crippen LogP contribution in [0.5, 0.6) is 0 Å². The van der Waals surface area contributed by atoms with Gasteiger partial charge >= 0.3 is 35.8 Å². The Hall–Kier alpha value is -5.72. The van der Waals surface area contributed by atoms with Crippen LogP contribution in [0.4, 0.5) is 0 Å². The Bertz CT molecular complexity index is 2800. The van der Waals surface area contributed by atoms with Crippen LogP contribution in [0.2, 0.25) is 0 Å². The van der Waals surface area contributed by atoms with Crippen molar-refractivity contribution in [3.05, 3.63) is 11.6 Å². The van der Waals surface area contributed by atoms with Gasteiger partial charge in [0.05, 0.1) is 48.8 Å². The Balaban J connectivity index is 1.18. The van der Waals surface area contributed by atoms with Gasteiger partial charge in [-0.3, -0.25) is 33.6 Å². The molecule has 28 heteroatoms. The number of amides is 3. The number of ketones is 1. The van der Waals surface area contributed by atoms with E-state index in [0.717, 1.165) is 46.9 Å². The van der Waals surface area contributed by atoms with E-state index >= 15 is 4.79 Å². The lowest BCUT2D eigenvalue weighted by atomic mass is 9.33. The number of allylic oxidation sites excluding steroid dienone is 2. The summed E-state index contributed by atoms with van der Waals surface area (Å²) in [5.74, 6) is -8.39. The van der Waals surface area contributed by atoms with Gasteiger partial charge in [-0.1, -0.05) is 54.0 Å². The van der Waals surface area contributed by atoms with Crippen LogP contribution in [0.15, 0.2) is 11.6 Å². The lowest BCUT2D eigenvalue weighted by Gasteiger charge is -2.70. The lowest BCUT2D eigenvalue weighted by molar-refractivity contribution is -0.369. The van der Waals surface area contributed by atoms with Gasteiger partial charge in [0, 0.05) is 30.6 Å². The Labute approximate surface area is 529 Å². The van der Waals surface area contributed by atoms with Crippen LogP contribution in [-0.4, -0.2) is 213 Å². The average molecular weight is 1290 g/mol. The number of rotatable bonds is 22. The molecule has 8 N–H and O–H groups in total. The summed E-state index contributed by atoms with van der Waals surface area (Å²) < 4.78 is 53.9. The van der Waals surface area contributed by atoms with Crippen LogP contribution < -0.4 is 16.0 Å². The summed E-state index contributed by atoms with van der Waals surface area (Å²) in [6.45, 7) is 14.6. The third-order valence-electron chi connectivity index (χ3n) is 22.3. The molecule has 0 aromatic carbocycles. The lowest BCUT2D eigenvalue weighted by Crippen LogP contribution is -2.69. The normalized spacial score (nSPS) is 38.3. The maximum absolute atomic E-state index is 15.5. The second kappa shape index (κ2) is 28.5. The highest BCUT2D eigenvalue weighted by Gasteiger charge is 2.71. The molecular formula is C63H95N3O25. The molecule has 0 aromatic heterocycles. The molecule has 0 aromatic rings.